The predicted octanol–water partition coefficient (Wildman–Crippen LogP) is 0.244. The van der Waals surface area contributed by atoms with Crippen LogP contribution in [0.4, 0.5) is 0 Å². The molecule has 20 heavy (non-hydrogen) atoms. The molecule has 112 valence electrons. The van der Waals surface area contributed by atoms with Gasteiger partial charge in [-0.15, -0.1) is 5.10 Å². The highest BCUT2D eigenvalue weighted by atomic mass is 32.2. The molecule has 0 unspecified atom stereocenters. The molecule has 8 heteroatoms. The van der Waals surface area contributed by atoms with E-state index in [1.165, 1.54) is 4.31 Å². The SMILES string of the molecule is CC(C)n1cc([C@]2(O)CCN(S(=O)(=O)C3CC3)C2)nn1. The number of β-amino-alcohol motifs (C(OH)–C–C–N with tert-alkyl or cyclic N) is 1. The average Bonchev–Trinajstić information content (AvgIpc) is 2.97. The number of hydrogen-bond acceptors (Lipinski definition) is 5. The molecule has 0 spiro atoms. The topological polar surface area (TPSA) is 88.3 Å². The van der Waals surface area contributed by atoms with Crippen molar-refractivity contribution in [1.82, 2.24) is 19.3 Å². The lowest BCUT2D eigenvalue weighted by Gasteiger charge is -2.20. The fraction of sp³-hybridized carbons (Fsp3) is 0.833. The van der Waals surface area contributed by atoms with Gasteiger partial charge in [0.25, 0.3) is 0 Å². The highest BCUT2D eigenvalue weighted by Crippen LogP contribution is 2.37. The summed E-state index contributed by atoms with van der Waals surface area (Å²) in [5, 5.41) is 18.4. The highest BCUT2D eigenvalue weighted by Gasteiger charge is 2.48. The van der Waals surface area contributed by atoms with Gasteiger partial charge in [-0.1, -0.05) is 5.21 Å². The molecule has 0 radical (unpaired) electrons. The molecule has 1 aliphatic heterocycles. The van der Waals surface area contributed by atoms with E-state index in [9.17, 15) is 13.5 Å². The standard InChI is InChI=1S/C12H20N4O3S/c1-9(2)16-7-11(13-14-16)12(17)5-6-15(8-12)20(18,19)10-3-4-10/h7,9-10,17H,3-6,8H2,1-2H3/t12-/m0/s1. The first-order valence-electron chi connectivity index (χ1n) is 6.96. The van der Waals surface area contributed by atoms with Crippen molar-refractivity contribution in [3.63, 3.8) is 0 Å². The number of aromatic nitrogens is 3. The summed E-state index contributed by atoms with van der Waals surface area (Å²) in [7, 11) is -3.24. The maximum absolute atomic E-state index is 12.2. The third kappa shape index (κ3) is 2.25. The Morgan fingerprint density at radius 2 is 2.15 bits per heavy atom. The van der Waals surface area contributed by atoms with E-state index >= 15 is 0 Å². The van der Waals surface area contributed by atoms with Gasteiger partial charge in [0.15, 0.2) is 0 Å². The van der Waals surface area contributed by atoms with Gasteiger partial charge in [0.1, 0.15) is 11.3 Å². The lowest BCUT2D eigenvalue weighted by Crippen LogP contribution is -2.36. The fourth-order valence-electron chi connectivity index (χ4n) is 2.50. The van der Waals surface area contributed by atoms with Crippen LogP contribution in [0.2, 0.25) is 0 Å². The molecule has 0 amide bonds. The molecule has 1 saturated heterocycles. The van der Waals surface area contributed by atoms with Crippen LogP contribution in [0.5, 0.6) is 0 Å². The molecule has 0 bridgehead atoms. The quantitative estimate of drug-likeness (QED) is 0.861. The molecule has 1 aromatic rings. The maximum Gasteiger partial charge on any atom is 0.217 e. The summed E-state index contributed by atoms with van der Waals surface area (Å²) in [6.07, 6.45) is 3.55. The first-order chi connectivity index (χ1) is 9.33. The van der Waals surface area contributed by atoms with E-state index in [4.69, 9.17) is 0 Å². The third-order valence-corrected chi connectivity index (χ3v) is 6.38. The van der Waals surface area contributed by atoms with Crippen molar-refractivity contribution >= 4 is 10.0 Å². The predicted molar refractivity (Wildman–Crippen MR) is 72.4 cm³/mol. The lowest BCUT2D eigenvalue weighted by molar-refractivity contribution is 0.0484. The summed E-state index contributed by atoms with van der Waals surface area (Å²) >= 11 is 0. The Morgan fingerprint density at radius 3 is 2.70 bits per heavy atom. The van der Waals surface area contributed by atoms with Gasteiger partial charge in [-0.3, -0.25) is 0 Å². The van der Waals surface area contributed by atoms with Crippen LogP contribution in [0, 0.1) is 0 Å². The van der Waals surface area contributed by atoms with Crippen LogP contribution in [-0.2, 0) is 15.6 Å². The first-order valence-corrected chi connectivity index (χ1v) is 8.47. The molecule has 7 nitrogen and oxygen atoms in total. The van der Waals surface area contributed by atoms with E-state index in [1.54, 1.807) is 10.9 Å². The number of sulfonamides is 1. The Morgan fingerprint density at radius 1 is 1.45 bits per heavy atom. The smallest absolute Gasteiger partial charge is 0.217 e. The molecule has 2 heterocycles. The Hall–Kier alpha value is -0.990. The van der Waals surface area contributed by atoms with E-state index in [0.717, 1.165) is 12.8 Å². The molecule has 1 saturated carbocycles. The van der Waals surface area contributed by atoms with Gasteiger partial charge < -0.3 is 5.11 Å². The summed E-state index contributed by atoms with van der Waals surface area (Å²) in [4.78, 5) is 0. The molecule has 1 atom stereocenters. The summed E-state index contributed by atoms with van der Waals surface area (Å²) in [5.41, 5.74) is -0.755. The van der Waals surface area contributed by atoms with Gasteiger partial charge in [0.05, 0.1) is 11.4 Å². The molecule has 2 fully saturated rings. The highest BCUT2D eigenvalue weighted by molar-refractivity contribution is 7.90. The van der Waals surface area contributed by atoms with Crippen LogP contribution in [0.3, 0.4) is 0 Å². The number of rotatable bonds is 4. The minimum Gasteiger partial charge on any atom is -0.382 e. The lowest BCUT2D eigenvalue weighted by atomic mass is 10.00. The number of hydrogen-bond donors (Lipinski definition) is 1. The van der Waals surface area contributed by atoms with E-state index in [1.807, 2.05) is 13.8 Å². The third-order valence-electron chi connectivity index (χ3n) is 4.03. The van der Waals surface area contributed by atoms with Crippen LogP contribution in [-0.4, -0.2) is 51.2 Å². The zero-order chi connectivity index (χ0) is 14.5. The Labute approximate surface area is 118 Å². The zero-order valence-electron chi connectivity index (χ0n) is 11.7. The van der Waals surface area contributed by atoms with Crippen molar-refractivity contribution in [3.05, 3.63) is 11.9 Å². The fourth-order valence-corrected chi connectivity index (χ4v) is 4.40. The molecule has 3 rings (SSSR count). The van der Waals surface area contributed by atoms with Crippen molar-refractivity contribution < 1.29 is 13.5 Å². The summed E-state index contributed by atoms with van der Waals surface area (Å²) < 4.78 is 27.5. The van der Waals surface area contributed by atoms with Crippen molar-refractivity contribution in [2.24, 2.45) is 0 Å². The van der Waals surface area contributed by atoms with Crippen molar-refractivity contribution in [3.8, 4) is 0 Å². The molecule has 2 aliphatic rings. The van der Waals surface area contributed by atoms with Gasteiger partial charge in [-0.2, -0.15) is 4.31 Å². The average molecular weight is 300 g/mol. The van der Waals surface area contributed by atoms with Crippen molar-refractivity contribution in [2.45, 2.75) is 50.0 Å². The van der Waals surface area contributed by atoms with Gasteiger partial charge >= 0.3 is 0 Å². The Bertz CT molecular complexity index is 608. The van der Waals surface area contributed by atoms with Crippen LogP contribution in [0.25, 0.3) is 0 Å². The van der Waals surface area contributed by atoms with E-state index in [2.05, 4.69) is 10.3 Å². The second-order valence-electron chi connectivity index (χ2n) is 6.04. The minimum atomic E-state index is -3.24. The largest absolute Gasteiger partial charge is 0.382 e. The maximum atomic E-state index is 12.2. The van der Waals surface area contributed by atoms with Gasteiger partial charge in [-0.05, 0) is 33.1 Å². The van der Waals surface area contributed by atoms with Crippen LogP contribution >= 0.6 is 0 Å². The van der Waals surface area contributed by atoms with Crippen molar-refractivity contribution in [1.29, 1.82) is 0 Å². The Balaban J connectivity index is 1.80. The molecule has 1 aromatic heterocycles. The number of nitrogens with zero attached hydrogens (tertiary/aromatic N) is 4. The van der Waals surface area contributed by atoms with Gasteiger partial charge in [0.2, 0.25) is 10.0 Å². The normalized spacial score (nSPS) is 28.4. The van der Waals surface area contributed by atoms with Crippen LogP contribution in [0.15, 0.2) is 6.20 Å². The summed E-state index contributed by atoms with van der Waals surface area (Å²) in [6.45, 7) is 4.38. The van der Waals surface area contributed by atoms with Gasteiger partial charge in [0, 0.05) is 19.1 Å². The molecule has 0 aromatic carbocycles. The van der Waals surface area contributed by atoms with Gasteiger partial charge in [-0.25, -0.2) is 13.1 Å². The second kappa shape index (κ2) is 4.51. The van der Waals surface area contributed by atoms with E-state index in [0.29, 0.717) is 18.7 Å². The monoisotopic (exact) mass is 300 g/mol. The van der Waals surface area contributed by atoms with E-state index < -0.39 is 15.6 Å². The number of aliphatic hydroxyl groups is 1. The summed E-state index contributed by atoms with van der Waals surface area (Å²) in [5.74, 6) is 0. The van der Waals surface area contributed by atoms with Crippen LogP contribution < -0.4 is 0 Å². The molecular formula is C12H20N4O3S. The molecule has 1 N–H and O–H groups in total. The van der Waals surface area contributed by atoms with Crippen LogP contribution in [0.1, 0.15) is 44.8 Å². The molecular weight excluding hydrogens is 280 g/mol. The van der Waals surface area contributed by atoms with Crippen molar-refractivity contribution in [2.75, 3.05) is 13.1 Å². The summed E-state index contributed by atoms with van der Waals surface area (Å²) in [6, 6.07) is 0.160. The minimum absolute atomic E-state index is 0.0859. The Kier molecular flexibility index (Phi) is 3.15. The van der Waals surface area contributed by atoms with E-state index in [-0.39, 0.29) is 17.8 Å². The second-order valence-corrected chi connectivity index (χ2v) is 8.25. The zero-order valence-corrected chi connectivity index (χ0v) is 12.5. The first kappa shape index (κ1) is 14.0. The molecule has 1 aliphatic carbocycles.